The van der Waals surface area contributed by atoms with Crippen molar-refractivity contribution in [2.24, 2.45) is 0 Å². The van der Waals surface area contributed by atoms with Crippen LogP contribution in [0.1, 0.15) is 10.5 Å². The van der Waals surface area contributed by atoms with E-state index in [1.54, 1.807) is 12.4 Å². The zero-order chi connectivity index (χ0) is 10.1. The van der Waals surface area contributed by atoms with Crippen LogP contribution in [-0.2, 0) is 0 Å². The number of rotatable bonds is 2. The molecule has 0 bridgehead atoms. The zero-order valence-electron chi connectivity index (χ0n) is 6.72. The van der Waals surface area contributed by atoms with Gasteiger partial charge >= 0.3 is 12.0 Å². The first-order chi connectivity index (χ1) is 6.66. The zero-order valence-corrected chi connectivity index (χ0v) is 8.87. The van der Waals surface area contributed by atoms with Gasteiger partial charge in [0.05, 0.1) is 9.77 Å². The molecular formula is C7H4IN3O3. The first-order valence-corrected chi connectivity index (χ1v) is 4.64. The van der Waals surface area contributed by atoms with Gasteiger partial charge in [-0.15, -0.1) is 0 Å². The van der Waals surface area contributed by atoms with Crippen LogP contribution in [-0.4, -0.2) is 25.8 Å². The van der Waals surface area contributed by atoms with Crippen LogP contribution in [0.5, 0.6) is 0 Å². The lowest BCUT2D eigenvalue weighted by molar-refractivity contribution is 0.0690. The predicted octanol–water partition coefficient (Wildman–Crippen LogP) is 1.16. The Kier molecular flexibility index (Phi) is 2.23. The summed E-state index contributed by atoms with van der Waals surface area (Å²) >= 11 is 2.08. The lowest BCUT2D eigenvalue weighted by Crippen LogP contribution is -1.99. The molecule has 1 N–H and O–H groups in total. The summed E-state index contributed by atoms with van der Waals surface area (Å²) in [6.45, 7) is 0. The predicted molar refractivity (Wildman–Crippen MR) is 53.3 cm³/mol. The Balaban J connectivity index is 2.38. The highest BCUT2D eigenvalue weighted by atomic mass is 127. The summed E-state index contributed by atoms with van der Waals surface area (Å²) in [5.74, 6) is -1.12. The molecule has 2 rings (SSSR count). The minimum atomic E-state index is -1.12. The molecule has 0 amide bonds. The molecule has 0 aliphatic rings. The van der Waals surface area contributed by atoms with Crippen LogP contribution in [0.4, 0.5) is 0 Å². The summed E-state index contributed by atoms with van der Waals surface area (Å²) in [5.41, 5.74) is -0.134. The van der Waals surface area contributed by atoms with E-state index in [2.05, 4.69) is 32.7 Å². The molecule has 2 aromatic rings. The molecule has 0 radical (unpaired) electrons. The fourth-order valence-electron chi connectivity index (χ4n) is 0.873. The van der Waals surface area contributed by atoms with Gasteiger partial charge in [0, 0.05) is 6.20 Å². The Morgan fingerprint density at radius 3 is 2.93 bits per heavy atom. The third-order valence-electron chi connectivity index (χ3n) is 1.46. The second kappa shape index (κ2) is 3.40. The number of carboxylic acid groups (broad SMARTS) is 1. The first-order valence-electron chi connectivity index (χ1n) is 3.56. The Morgan fingerprint density at radius 1 is 1.64 bits per heavy atom. The lowest BCUT2D eigenvalue weighted by atomic mass is 10.5. The fourth-order valence-corrected chi connectivity index (χ4v) is 1.26. The van der Waals surface area contributed by atoms with Gasteiger partial charge in [0.1, 0.15) is 6.26 Å². The number of halogens is 1. The van der Waals surface area contributed by atoms with Crippen molar-refractivity contribution in [3.63, 3.8) is 0 Å². The maximum atomic E-state index is 10.5. The Hall–Kier alpha value is -1.38. The fraction of sp³-hybridized carbons (Fsp3) is 0. The average molecular weight is 305 g/mol. The second-order valence-electron chi connectivity index (χ2n) is 2.42. The summed E-state index contributed by atoms with van der Waals surface area (Å²) in [7, 11) is 0. The van der Waals surface area contributed by atoms with Crippen molar-refractivity contribution in [2.45, 2.75) is 0 Å². The summed E-state index contributed by atoms with van der Waals surface area (Å²) < 4.78 is 7.21. The maximum Gasteiger partial charge on any atom is 0.357 e. The molecule has 0 saturated carbocycles. The summed E-state index contributed by atoms with van der Waals surface area (Å²) in [6.07, 6.45) is 4.37. The molecule has 0 aliphatic carbocycles. The van der Waals surface area contributed by atoms with Gasteiger partial charge in [-0.2, -0.15) is 14.8 Å². The normalized spacial score (nSPS) is 10.4. The largest absolute Gasteiger partial charge is 0.476 e. The highest BCUT2D eigenvalue weighted by Crippen LogP contribution is 2.09. The molecular weight excluding hydrogens is 301 g/mol. The summed E-state index contributed by atoms with van der Waals surface area (Å²) in [6, 6.07) is 0.144. The molecule has 0 spiro atoms. The van der Waals surface area contributed by atoms with Crippen molar-refractivity contribution in [2.75, 3.05) is 0 Å². The molecule has 0 aliphatic heterocycles. The topological polar surface area (TPSA) is 81.1 Å². The Morgan fingerprint density at radius 2 is 2.43 bits per heavy atom. The van der Waals surface area contributed by atoms with E-state index >= 15 is 0 Å². The quantitative estimate of drug-likeness (QED) is 0.842. The number of hydrogen-bond acceptors (Lipinski definition) is 4. The number of carboxylic acids is 1. The van der Waals surface area contributed by atoms with Gasteiger partial charge < -0.3 is 9.52 Å². The van der Waals surface area contributed by atoms with E-state index in [-0.39, 0.29) is 11.7 Å². The van der Waals surface area contributed by atoms with Crippen molar-refractivity contribution >= 4 is 28.6 Å². The van der Waals surface area contributed by atoms with E-state index in [9.17, 15) is 4.79 Å². The monoisotopic (exact) mass is 305 g/mol. The number of oxazole rings is 1. The van der Waals surface area contributed by atoms with Crippen molar-refractivity contribution in [3.05, 3.63) is 27.9 Å². The molecule has 6 nitrogen and oxygen atoms in total. The van der Waals surface area contributed by atoms with Crippen LogP contribution < -0.4 is 0 Å². The molecule has 0 saturated heterocycles. The standard InChI is InChI=1S/C7H4IN3O3/c8-4-1-9-11(2-4)7-10-5(3-14-7)6(12)13/h1-3H,(H,12,13). The Labute approximate surface area is 91.7 Å². The van der Waals surface area contributed by atoms with Crippen molar-refractivity contribution in [1.82, 2.24) is 14.8 Å². The lowest BCUT2D eigenvalue weighted by Gasteiger charge is -1.89. The molecule has 0 atom stereocenters. The van der Waals surface area contributed by atoms with E-state index in [0.29, 0.717) is 0 Å². The molecule has 0 fully saturated rings. The highest BCUT2D eigenvalue weighted by Gasteiger charge is 2.11. The number of nitrogens with zero attached hydrogens (tertiary/aromatic N) is 3. The van der Waals surface area contributed by atoms with E-state index in [4.69, 9.17) is 9.52 Å². The highest BCUT2D eigenvalue weighted by molar-refractivity contribution is 14.1. The van der Waals surface area contributed by atoms with Gasteiger partial charge in [-0.05, 0) is 22.6 Å². The van der Waals surface area contributed by atoms with Gasteiger partial charge in [0.25, 0.3) is 0 Å². The van der Waals surface area contributed by atoms with Gasteiger partial charge in [-0.25, -0.2) is 4.79 Å². The molecule has 2 heterocycles. The number of carbonyl (C=O) groups is 1. The van der Waals surface area contributed by atoms with Crippen molar-refractivity contribution < 1.29 is 14.3 Å². The maximum absolute atomic E-state index is 10.5. The van der Waals surface area contributed by atoms with Crippen molar-refractivity contribution in [3.8, 4) is 6.01 Å². The molecule has 0 unspecified atom stereocenters. The van der Waals surface area contributed by atoms with Crippen LogP contribution >= 0.6 is 22.6 Å². The van der Waals surface area contributed by atoms with Crippen LogP contribution in [0.15, 0.2) is 23.1 Å². The van der Waals surface area contributed by atoms with Gasteiger partial charge in [-0.1, -0.05) is 0 Å². The van der Waals surface area contributed by atoms with E-state index < -0.39 is 5.97 Å². The Bertz CT molecular complexity index is 476. The number of aromatic carboxylic acids is 1. The van der Waals surface area contributed by atoms with Crippen LogP contribution in [0.2, 0.25) is 0 Å². The third kappa shape index (κ3) is 1.62. The van der Waals surface area contributed by atoms with Crippen LogP contribution in [0.25, 0.3) is 6.01 Å². The second-order valence-corrected chi connectivity index (χ2v) is 3.67. The van der Waals surface area contributed by atoms with Crippen LogP contribution in [0.3, 0.4) is 0 Å². The number of aromatic nitrogens is 3. The van der Waals surface area contributed by atoms with E-state index in [1.807, 2.05) is 0 Å². The first kappa shape index (κ1) is 9.19. The summed E-state index contributed by atoms with van der Waals surface area (Å²) in [4.78, 5) is 14.2. The smallest absolute Gasteiger partial charge is 0.357 e. The molecule has 7 heteroatoms. The molecule has 2 aromatic heterocycles. The van der Waals surface area contributed by atoms with Gasteiger partial charge in [-0.3, -0.25) is 0 Å². The molecule has 0 aromatic carbocycles. The average Bonchev–Trinajstić information content (AvgIpc) is 2.70. The number of hydrogen-bond donors (Lipinski definition) is 1. The molecule has 14 heavy (non-hydrogen) atoms. The minimum Gasteiger partial charge on any atom is -0.476 e. The molecule has 72 valence electrons. The van der Waals surface area contributed by atoms with Crippen molar-refractivity contribution in [1.29, 1.82) is 0 Å². The summed E-state index contributed by atoms with van der Waals surface area (Å²) in [5, 5.41) is 12.5. The SMILES string of the molecule is O=C(O)c1coc(-n2cc(I)cn2)n1. The minimum absolute atomic E-state index is 0.134. The van der Waals surface area contributed by atoms with E-state index in [1.165, 1.54) is 4.68 Å². The van der Waals surface area contributed by atoms with Gasteiger partial charge in [0.2, 0.25) is 0 Å². The third-order valence-corrected chi connectivity index (χ3v) is 2.02. The van der Waals surface area contributed by atoms with E-state index in [0.717, 1.165) is 9.83 Å². The van der Waals surface area contributed by atoms with Gasteiger partial charge in [0.15, 0.2) is 5.69 Å². The van der Waals surface area contributed by atoms with Crippen LogP contribution in [0, 0.1) is 3.57 Å².